The van der Waals surface area contributed by atoms with E-state index in [0.29, 0.717) is 29.4 Å². The highest BCUT2D eigenvalue weighted by atomic mass is 127. The molecule has 0 bridgehead atoms. The average Bonchev–Trinajstić information content (AvgIpc) is 3.27. The molecule has 0 N–H and O–H groups in total. The standard InChI is InChI=1S/C29H22INO5/c1-33-25-15-19(16-26(34-2)27(25)35-17-18-10-12-21(30)13-11-18)14-24-29(32)36-28(31-24)23-9-5-7-20-6-3-4-8-22(20)23/h3-16H,17H2,1-2H3/b24-14-. The highest BCUT2D eigenvalue weighted by molar-refractivity contribution is 14.1. The van der Waals surface area contributed by atoms with Gasteiger partial charge in [0.15, 0.2) is 17.2 Å². The second-order valence-corrected chi connectivity index (χ2v) is 9.28. The molecule has 4 aromatic carbocycles. The van der Waals surface area contributed by atoms with Gasteiger partial charge in [0.2, 0.25) is 11.6 Å². The molecular weight excluding hydrogens is 569 g/mol. The molecule has 0 aromatic heterocycles. The van der Waals surface area contributed by atoms with Gasteiger partial charge in [-0.25, -0.2) is 9.79 Å². The van der Waals surface area contributed by atoms with Crippen LogP contribution in [0.5, 0.6) is 17.2 Å². The number of esters is 1. The van der Waals surface area contributed by atoms with Crippen LogP contribution < -0.4 is 14.2 Å². The van der Waals surface area contributed by atoms with E-state index in [1.165, 1.54) is 0 Å². The lowest BCUT2D eigenvalue weighted by Gasteiger charge is -2.15. The van der Waals surface area contributed by atoms with Gasteiger partial charge in [0, 0.05) is 9.13 Å². The SMILES string of the molecule is COc1cc(/C=C2\N=C(c3cccc4ccccc34)OC2=O)cc(OC)c1OCc1ccc(I)cc1. The number of hydrogen-bond acceptors (Lipinski definition) is 6. The number of nitrogens with zero attached hydrogens (tertiary/aromatic N) is 1. The van der Waals surface area contributed by atoms with Crippen molar-refractivity contribution in [1.29, 1.82) is 0 Å². The molecule has 1 heterocycles. The Kier molecular flexibility index (Phi) is 6.90. The first-order valence-corrected chi connectivity index (χ1v) is 12.3. The third kappa shape index (κ3) is 4.92. The van der Waals surface area contributed by atoms with Gasteiger partial charge >= 0.3 is 5.97 Å². The maximum Gasteiger partial charge on any atom is 0.363 e. The molecule has 7 heteroatoms. The van der Waals surface area contributed by atoms with Crippen LogP contribution in [0, 0.1) is 3.57 Å². The number of ether oxygens (including phenoxy) is 4. The number of cyclic esters (lactones) is 1. The molecule has 180 valence electrons. The Hall–Kier alpha value is -3.85. The van der Waals surface area contributed by atoms with Crippen LogP contribution in [0.2, 0.25) is 0 Å². The van der Waals surface area contributed by atoms with E-state index < -0.39 is 5.97 Å². The fourth-order valence-electron chi connectivity index (χ4n) is 3.96. The molecule has 5 rings (SSSR count). The molecule has 1 aliphatic rings. The van der Waals surface area contributed by atoms with Crippen LogP contribution in [-0.2, 0) is 16.1 Å². The van der Waals surface area contributed by atoms with Crippen LogP contribution in [0.4, 0.5) is 0 Å². The average molecular weight is 591 g/mol. The lowest BCUT2D eigenvalue weighted by molar-refractivity contribution is -0.129. The van der Waals surface area contributed by atoms with Crippen LogP contribution in [0.25, 0.3) is 16.8 Å². The highest BCUT2D eigenvalue weighted by Gasteiger charge is 2.26. The summed E-state index contributed by atoms with van der Waals surface area (Å²) in [5, 5.41) is 2.01. The summed E-state index contributed by atoms with van der Waals surface area (Å²) in [6.07, 6.45) is 1.65. The Morgan fingerprint density at radius 2 is 1.61 bits per heavy atom. The van der Waals surface area contributed by atoms with E-state index in [2.05, 4.69) is 27.6 Å². The Morgan fingerprint density at radius 3 is 2.33 bits per heavy atom. The first-order chi connectivity index (χ1) is 17.6. The number of aliphatic imine (C=N–C) groups is 1. The van der Waals surface area contributed by atoms with Crippen molar-refractivity contribution in [2.75, 3.05) is 14.2 Å². The number of halogens is 1. The zero-order valence-corrected chi connectivity index (χ0v) is 21.8. The fraction of sp³-hybridized carbons (Fsp3) is 0.103. The molecule has 0 spiro atoms. The number of carbonyl (C=O) groups is 1. The van der Waals surface area contributed by atoms with Gasteiger partial charge < -0.3 is 18.9 Å². The van der Waals surface area contributed by atoms with Crippen molar-refractivity contribution in [2.24, 2.45) is 4.99 Å². The first kappa shape index (κ1) is 23.9. The molecule has 0 saturated heterocycles. The van der Waals surface area contributed by atoms with Gasteiger partial charge in [-0.3, -0.25) is 0 Å². The number of carbonyl (C=O) groups excluding carboxylic acids is 1. The zero-order valence-electron chi connectivity index (χ0n) is 19.7. The van der Waals surface area contributed by atoms with Gasteiger partial charge in [0.1, 0.15) is 6.61 Å². The number of hydrogen-bond donors (Lipinski definition) is 0. The summed E-state index contributed by atoms with van der Waals surface area (Å²) in [5.74, 6) is 1.21. The third-order valence-corrected chi connectivity index (χ3v) is 6.44. The largest absolute Gasteiger partial charge is 0.493 e. The van der Waals surface area contributed by atoms with Gasteiger partial charge in [-0.1, -0.05) is 48.5 Å². The highest BCUT2D eigenvalue weighted by Crippen LogP contribution is 2.40. The van der Waals surface area contributed by atoms with Gasteiger partial charge in [0.25, 0.3) is 0 Å². The van der Waals surface area contributed by atoms with Gasteiger partial charge in [-0.2, -0.15) is 0 Å². The number of benzene rings is 4. The summed E-state index contributed by atoms with van der Waals surface area (Å²) in [7, 11) is 3.12. The molecule has 0 radical (unpaired) electrons. The van der Waals surface area contributed by atoms with Crippen LogP contribution in [0.1, 0.15) is 16.7 Å². The Balaban J connectivity index is 1.46. The van der Waals surface area contributed by atoms with Gasteiger partial charge in [0.05, 0.1) is 14.2 Å². The van der Waals surface area contributed by atoms with Gasteiger partial charge in [-0.15, -0.1) is 0 Å². The molecule has 0 aliphatic carbocycles. The number of fused-ring (bicyclic) bond motifs is 1. The van der Waals surface area contributed by atoms with E-state index in [1.807, 2.05) is 66.7 Å². The minimum absolute atomic E-state index is 0.189. The van der Waals surface area contributed by atoms with E-state index >= 15 is 0 Å². The van der Waals surface area contributed by atoms with Crippen LogP contribution in [0.15, 0.2) is 89.6 Å². The topological polar surface area (TPSA) is 66.4 Å². The van der Waals surface area contributed by atoms with Crippen molar-refractivity contribution < 1.29 is 23.7 Å². The maximum atomic E-state index is 12.7. The molecule has 0 saturated carbocycles. The van der Waals surface area contributed by atoms with Crippen molar-refractivity contribution >= 4 is 51.3 Å². The van der Waals surface area contributed by atoms with Gasteiger partial charge in [-0.05, 0) is 80.9 Å². The van der Waals surface area contributed by atoms with Crippen molar-refractivity contribution in [2.45, 2.75) is 6.61 Å². The minimum Gasteiger partial charge on any atom is -0.493 e. The summed E-state index contributed by atoms with van der Waals surface area (Å²) in [6, 6.07) is 25.3. The summed E-state index contributed by atoms with van der Waals surface area (Å²) in [4.78, 5) is 17.2. The Morgan fingerprint density at radius 1 is 0.917 bits per heavy atom. The molecule has 0 unspecified atom stereocenters. The Bertz CT molecular complexity index is 1480. The van der Waals surface area contributed by atoms with Crippen molar-refractivity contribution in [1.82, 2.24) is 0 Å². The van der Waals surface area contributed by atoms with E-state index in [9.17, 15) is 4.79 Å². The zero-order chi connectivity index (χ0) is 25.1. The molecule has 1 aliphatic heterocycles. The van der Waals surface area contributed by atoms with E-state index in [1.54, 1.807) is 32.4 Å². The fourth-order valence-corrected chi connectivity index (χ4v) is 4.32. The summed E-state index contributed by atoms with van der Waals surface area (Å²) in [6.45, 7) is 0.356. The Labute approximate surface area is 222 Å². The smallest absolute Gasteiger partial charge is 0.363 e. The second kappa shape index (κ2) is 10.4. The quantitative estimate of drug-likeness (QED) is 0.142. The van der Waals surface area contributed by atoms with Crippen LogP contribution >= 0.6 is 22.6 Å². The van der Waals surface area contributed by atoms with Crippen LogP contribution in [-0.4, -0.2) is 26.1 Å². The predicted octanol–water partition coefficient (Wildman–Crippen LogP) is 6.39. The third-order valence-electron chi connectivity index (χ3n) is 5.72. The molecule has 0 fully saturated rings. The summed E-state index contributed by atoms with van der Waals surface area (Å²) < 4.78 is 23.9. The molecule has 4 aromatic rings. The lowest BCUT2D eigenvalue weighted by atomic mass is 10.0. The number of rotatable bonds is 7. The number of methoxy groups -OCH3 is 2. The maximum absolute atomic E-state index is 12.7. The molecule has 36 heavy (non-hydrogen) atoms. The van der Waals surface area contributed by atoms with Crippen molar-refractivity contribution in [3.63, 3.8) is 0 Å². The van der Waals surface area contributed by atoms with Crippen molar-refractivity contribution in [3.8, 4) is 17.2 Å². The van der Waals surface area contributed by atoms with E-state index in [-0.39, 0.29) is 11.6 Å². The lowest BCUT2D eigenvalue weighted by Crippen LogP contribution is -2.06. The van der Waals surface area contributed by atoms with E-state index in [4.69, 9.17) is 18.9 Å². The van der Waals surface area contributed by atoms with E-state index in [0.717, 1.165) is 25.5 Å². The predicted molar refractivity (Wildman–Crippen MR) is 148 cm³/mol. The van der Waals surface area contributed by atoms with Crippen LogP contribution in [0.3, 0.4) is 0 Å². The monoisotopic (exact) mass is 591 g/mol. The molecule has 6 nitrogen and oxygen atoms in total. The minimum atomic E-state index is -0.519. The normalized spacial score (nSPS) is 14.0. The first-order valence-electron chi connectivity index (χ1n) is 11.2. The second-order valence-electron chi connectivity index (χ2n) is 8.03. The summed E-state index contributed by atoms with van der Waals surface area (Å²) >= 11 is 2.26. The molecule has 0 amide bonds. The summed E-state index contributed by atoms with van der Waals surface area (Å²) in [5.41, 5.74) is 2.64. The molecule has 0 atom stereocenters. The van der Waals surface area contributed by atoms with Crippen molar-refractivity contribution in [3.05, 3.63) is 105 Å². The molecular formula is C29H22INO5.